The fourth-order valence-corrected chi connectivity index (χ4v) is 4.49. The summed E-state index contributed by atoms with van der Waals surface area (Å²) in [5.41, 5.74) is 6.37. The van der Waals surface area contributed by atoms with E-state index in [0.717, 1.165) is 25.0 Å². The SMILES string of the molecule is c1ccc(CCCn2c3ccccc3c3ccn4cc(C5CC5)nc4c32)cc1. The molecule has 0 N–H and O–H groups in total. The second-order valence-electron chi connectivity index (χ2n) is 8.01. The molecule has 5 aromatic rings. The van der Waals surface area contributed by atoms with Gasteiger partial charge in [0.05, 0.1) is 11.2 Å². The van der Waals surface area contributed by atoms with E-state index in [1.54, 1.807) is 0 Å². The predicted octanol–water partition coefficient (Wildman–Crippen LogP) is 5.95. The van der Waals surface area contributed by atoms with Crippen molar-refractivity contribution in [1.29, 1.82) is 0 Å². The zero-order valence-electron chi connectivity index (χ0n) is 15.9. The molecule has 3 aromatic heterocycles. The second kappa shape index (κ2) is 6.23. The van der Waals surface area contributed by atoms with Crippen molar-refractivity contribution < 1.29 is 0 Å². The molecule has 0 bridgehead atoms. The number of aromatic nitrogens is 3. The molecule has 0 spiro atoms. The molecule has 1 fully saturated rings. The summed E-state index contributed by atoms with van der Waals surface area (Å²) in [5.74, 6) is 0.672. The molecule has 0 aliphatic heterocycles. The first-order chi connectivity index (χ1) is 13.9. The van der Waals surface area contributed by atoms with E-state index in [-0.39, 0.29) is 0 Å². The van der Waals surface area contributed by atoms with Gasteiger partial charge in [0.1, 0.15) is 0 Å². The standard InChI is InChI=1S/C25H23N3/c1-2-7-18(8-3-1)9-6-15-28-23-11-5-4-10-20(23)21-14-16-27-17-22(19-12-13-19)26-25(27)24(21)28/h1-5,7-8,10-11,14,16-17,19H,6,9,12-13,15H2. The van der Waals surface area contributed by atoms with Crippen molar-refractivity contribution in [3.63, 3.8) is 0 Å². The molecule has 0 amide bonds. The number of para-hydroxylation sites is 1. The van der Waals surface area contributed by atoms with Gasteiger partial charge in [0.2, 0.25) is 0 Å². The minimum Gasteiger partial charge on any atom is -0.337 e. The lowest BCUT2D eigenvalue weighted by atomic mass is 10.1. The number of benzene rings is 2. The smallest absolute Gasteiger partial charge is 0.161 e. The molecule has 2 aromatic carbocycles. The molecular weight excluding hydrogens is 342 g/mol. The first kappa shape index (κ1) is 15.9. The summed E-state index contributed by atoms with van der Waals surface area (Å²) >= 11 is 0. The van der Waals surface area contributed by atoms with E-state index in [1.165, 1.54) is 45.9 Å². The lowest BCUT2D eigenvalue weighted by Gasteiger charge is -2.08. The number of fused-ring (bicyclic) bond motifs is 5. The Labute approximate surface area is 164 Å². The van der Waals surface area contributed by atoms with Gasteiger partial charge in [-0.05, 0) is 43.4 Å². The summed E-state index contributed by atoms with van der Waals surface area (Å²) in [6.07, 6.45) is 9.20. The Bertz CT molecular complexity index is 1290. The van der Waals surface area contributed by atoms with Crippen LogP contribution in [0.2, 0.25) is 0 Å². The number of nitrogens with zero attached hydrogens (tertiary/aromatic N) is 3. The molecule has 0 unspecified atom stereocenters. The molecule has 1 aliphatic carbocycles. The largest absolute Gasteiger partial charge is 0.337 e. The molecular formula is C25H23N3. The Morgan fingerprint density at radius 3 is 2.57 bits per heavy atom. The van der Waals surface area contributed by atoms with Crippen LogP contribution in [0.25, 0.3) is 27.5 Å². The van der Waals surface area contributed by atoms with Crippen LogP contribution in [-0.2, 0) is 13.0 Å². The summed E-state index contributed by atoms with van der Waals surface area (Å²) < 4.78 is 4.72. The lowest BCUT2D eigenvalue weighted by molar-refractivity contribution is 0.678. The average Bonchev–Trinajstić information content (AvgIpc) is 3.42. The molecule has 0 saturated heterocycles. The third-order valence-corrected chi connectivity index (χ3v) is 6.06. The first-order valence-electron chi connectivity index (χ1n) is 10.3. The maximum atomic E-state index is 5.07. The highest BCUT2D eigenvalue weighted by Gasteiger charge is 2.27. The molecule has 3 heteroatoms. The maximum absolute atomic E-state index is 5.07. The minimum atomic E-state index is 0.672. The highest BCUT2D eigenvalue weighted by molar-refractivity contribution is 6.12. The summed E-state index contributed by atoms with van der Waals surface area (Å²) in [5, 5.41) is 2.64. The molecule has 6 rings (SSSR count). The van der Waals surface area contributed by atoms with E-state index in [4.69, 9.17) is 4.98 Å². The van der Waals surface area contributed by atoms with Crippen LogP contribution in [0.4, 0.5) is 0 Å². The number of hydrogen-bond donors (Lipinski definition) is 0. The van der Waals surface area contributed by atoms with Gasteiger partial charge in [-0.2, -0.15) is 0 Å². The summed E-state index contributed by atoms with van der Waals surface area (Å²) in [6, 6.07) is 21.8. The molecule has 3 nitrogen and oxygen atoms in total. The van der Waals surface area contributed by atoms with Gasteiger partial charge in [0, 0.05) is 41.1 Å². The molecule has 3 heterocycles. The van der Waals surface area contributed by atoms with Gasteiger partial charge in [-0.25, -0.2) is 4.98 Å². The normalized spacial score (nSPS) is 14.4. The number of aryl methyl sites for hydroxylation is 2. The van der Waals surface area contributed by atoms with E-state index in [2.05, 4.69) is 82.0 Å². The van der Waals surface area contributed by atoms with Gasteiger partial charge >= 0.3 is 0 Å². The average molecular weight is 365 g/mol. The van der Waals surface area contributed by atoms with E-state index in [9.17, 15) is 0 Å². The number of hydrogen-bond acceptors (Lipinski definition) is 1. The third kappa shape index (κ3) is 2.54. The van der Waals surface area contributed by atoms with Crippen molar-refractivity contribution in [2.24, 2.45) is 0 Å². The van der Waals surface area contributed by atoms with Crippen LogP contribution >= 0.6 is 0 Å². The van der Waals surface area contributed by atoms with Crippen molar-refractivity contribution in [3.05, 3.63) is 84.3 Å². The monoisotopic (exact) mass is 365 g/mol. The summed E-state index contributed by atoms with van der Waals surface area (Å²) in [6.45, 7) is 1.00. The van der Waals surface area contributed by atoms with Crippen molar-refractivity contribution in [2.75, 3.05) is 0 Å². The van der Waals surface area contributed by atoms with Gasteiger partial charge in [-0.15, -0.1) is 0 Å². The Balaban J connectivity index is 1.49. The Morgan fingerprint density at radius 1 is 0.893 bits per heavy atom. The van der Waals surface area contributed by atoms with Crippen LogP contribution in [-0.4, -0.2) is 14.0 Å². The third-order valence-electron chi connectivity index (χ3n) is 6.06. The van der Waals surface area contributed by atoms with Crippen molar-refractivity contribution >= 4 is 27.5 Å². The Morgan fingerprint density at radius 2 is 1.71 bits per heavy atom. The molecule has 0 atom stereocenters. The molecule has 138 valence electrons. The van der Waals surface area contributed by atoms with Gasteiger partial charge < -0.3 is 8.97 Å². The van der Waals surface area contributed by atoms with Crippen LogP contribution in [0.3, 0.4) is 0 Å². The van der Waals surface area contributed by atoms with Crippen LogP contribution in [0.1, 0.15) is 36.4 Å². The Kier molecular flexibility index (Phi) is 3.55. The number of imidazole rings is 1. The van der Waals surface area contributed by atoms with Crippen LogP contribution in [0.5, 0.6) is 0 Å². The first-order valence-corrected chi connectivity index (χ1v) is 10.3. The van der Waals surface area contributed by atoms with E-state index >= 15 is 0 Å². The fraction of sp³-hybridized carbons (Fsp3) is 0.240. The maximum Gasteiger partial charge on any atom is 0.161 e. The fourth-order valence-electron chi connectivity index (χ4n) is 4.49. The van der Waals surface area contributed by atoms with Crippen molar-refractivity contribution in [2.45, 2.75) is 38.1 Å². The number of rotatable bonds is 5. The highest BCUT2D eigenvalue weighted by Crippen LogP contribution is 2.40. The predicted molar refractivity (Wildman–Crippen MR) is 115 cm³/mol. The van der Waals surface area contributed by atoms with Crippen molar-refractivity contribution in [3.8, 4) is 0 Å². The quantitative estimate of drug-likeness (QED) is 0.377. The zero-order chi connectivity index (χ0) is 18.5. The highest BCUT2D eigenvalue weighted by atomic mass is 15.1. The van der Waals surface area contributed by atoms with E-state index < -0.39 is 0 Å². The van der Waals surface area contributed by atoms with Crippen molar-refractivity contribution in [1.82, 2.24) is 14.0 Å². The lowest BCUT2D eigenvalue weighted by Crippen LogP contribution is -2.01. The van der Waals surface area contributed by atoms with E-state index in [0.29, 0.717) is 5.92 Å². The molecule has 28 heavy (non-hydrogen) atoms. The van der Waals surface area contributed by atoms with Gasteiger partial charge in [-0.3, -0.25) is 0 Å². The molecule has 1 aliphatic rings. The number of pyridine rings is 1. The molecule has 0 radical (unpaired) electrons. The van der Waals surface area contributed by atoms with Gasteiger partial charge in [-0.1, -0.05) is 48.5 Å². The van der Waals surface area contributed by atoms with Crippen LogP contribution in [0, 0.1) is 0 Å². The van der Waals surface area contributed by atoms with Crippen LogP contribution in [0.15, 0.2) is 73.1 Å². The van der Waals surface area contributed by atoms with Crippen LogP contribution < -0.4 is 0 Å². The Hall–Kier alpha value is -3.07. The molecule has 1 saturated carbocycles. The summed E-state index contributed by atoms with van der Waals surface area (Å²) in [4.78, 5) is 5.07. The minimum absolute atomic E-state index is 0.672. The topological polar surface area (TPSA) is 22.2 Å². The van der Waals surface area contributed by atoms with E-state index in [1.807, 2.05) is 0 Å². The van der Waals surface area contributed by atoms with Gasteiger partial charge in [0.25, 0.3) is 0 Å². The van der Waals surface area contributed by atoms with Gasteiger partial charge in [0.15, 0.2) is 5.65 Å². The second-order valence-corrected chi connectivity index (χ2v) is 8.01. The summed E-state index contributed by atoms with van der Waals surface area (Å²) in [7, 11) is 0. The zero-order valence-corrected chi connectivity index (χ0v) is 15.9.